The fraction of sp³-hybridized carbons (Fsp3) is 0.308. The van der Waals surface area contributed by atoms with Crippen LogP contribution >= 0.6 is 12.6 Å². The van der Waals surface area contributed by atoms with Gasteiger partial charge in [-0.2, -0.15) is 0 Å². The zero-order valence-electron chi connectivity index (χ0n) is 16.7. The number of rotatable bonds is 1. The van der Waals surface area contributed by atoms with Gasteiger partial charge in [-0.05, 0) is 70.7 Å². The Morgan fingerprint density at radius 3 is 2.30 bits per heavy atom. The van der Waals surface area contributed by atoms with Crippen molar-refractivity contribution in [3.63, 3.8) is 0 Å². The Bertz CT molecular complexity index is 974. The van der Waals surface area contributed by atoms with Crippen LogP contribution in [0.3, 0.4) is 0 Å². The highest BCUT2D eigenvalue weighted by atomic mass is 32.1. The standard InChI is InChI=1S/C26H28S/c1-17-5-13-23-22(18-6-10-20(11-7-18)26(2,3)4)14-9-19-8-12-21(27)16-24(19)25(23)15-17/h5-8,10-13,15-16,22,27H,9,14H2,1-4H3. The highest BCUT2D eigenvalue weighted by Gasteiger charge is 2.24. The van der Waals surface area contributed by atoms with Crippen LogP contribution in [0.25, 0.3) is 11.1 Å². The van der Waals surface area contributed by atoms with E-state index in [4.69, 9.17) is 0 Å². The summed E-state index contributed by atoms with van der Waals surface area (Å²) in [6.07, 6.45) is 2.24. The van der Waals surface area contributed by atoms with E-state index < -0.39 is 0 Å². The smallest absolute Gasteiger partial charge is 0.00986 e. The van der Waals surface area contributed by atoms with E-state index in [1.54, 1.807) is 0 Å². The lowest BCUT2D eigenvalue weighted by atomic mass is 9.82. The molecule has 0 heterocycles. The summed E-state index contributed by atoms with van der Waals surface area (Å²) in [7, 11) is 0. The van der Waals surface area contributed by atoms with Gasteiger partial charge in [0, 0.05) is 10.8 Å². The fourth-order valence-electron chi connectivity index (χ4n) is 4.26. The summed E-state index contributed by atoms with van der Waals surface area (Å²) >= 11 is 4.60. The Morgan fingerprint density at radius 1 is 0.852 bits per heavy atom. The second kappa shape index (κ2) is 6.87. The van der Waals surface area contributed by atoms with Gasteiger partial charge in [0.15, 0.2) is 0 Å². The second-order valence-electron chi connectivity index (χ2n) is 8.90. The molecule has 0 aliphatic heterocycles. The third-order valence-electron chi connectivity index (χ3n) is 5.85. The first kappa shape index (κ1) is 18.4. The number of hydrogen-bond donors (Lipinski definition) is 1. The first-order chi connectivity index (χ1) is 12.8. The van der Waals surface area contributed by atoms with Gasteiger partial charge in [-0.15, -0.1) is 12.6 Å². The quantitative estimate of drug-likeness (QED) is 0.425. The molecular weight excluding hydrogens is 344 g/mol. The van der Waals surface area contributed by atoms with Crippen LogP contribution in [0.4, 0.5) is 0 Å². The summed E-state index contributed by atoms with van der Waals surface area (Å²) < 4.78 is 0. The van der Waals surface area contributed by atoms with E-state index in [1.165, 1.54) is 38.9 Å². The van der Waals surface area contributed by atoms with E-state index in [0.717, 1.165) is 17.7 Å². The molecule has 0 bridgehead atoms. The maximum Gasteiger partial charge on any atom is 0.00986 e. The average molecular weight is 373 g/mol. The first-order valence-corrected chi connectivity index (χ1v) is 10.3. The molecule has 138 valence electrons. The van der Waals surface area contributed by atoms with Crippen molar-refractivity contribution in [3.05, 3.63) is 88.5 Å². The van der Waals surface area contributed by atoms with Crippen molar-refractivity contribution in [1.82, 2.24) is 0 Å². The molecule has 1 aliphatic carbocycles. The topological polar surface area (TPSA) is 0 Å². The molecule has 0 radical (unpaired) electrons. The van der Waals surface area contributed by atoms with Crippen LogP contribution in [-0.2, 0) is 11.8 Å². The van der Waals surface area contributed by atoms with E-state index in [9.17, 15) is 0 Å². The third kappa shape index (κ3) is 3.58. The van der Waals surface area contributed by atoms with Crippen molar-refractivity contribution in [2.45, 2.75) is 56.8 Å². The van der Waals surface area contributed by atoms with Crippen molar-refractivity contribution in [2.75, 3.05) is 0 Å². The molecule has 0 fully saturated rings. The van der Waals surface area contributed by atoms with E-state index in [-0.39, 0.29) is 5.41 Å². The first-order valence-electron chi connectivity index (χ1n) is 9.86. The molecule has 1 heteroatoms. The number of aryl methyl sites for hydroxylation is 2. The summed E-state index contributed by atoms with van der Waals surface area (Å²) in [5, 5.41) is 0. The van der Waals surface area contributed by atoms with Crippen molar-refractivity contribution in [3.8, 4) is 11.1 Å². The van der Waals surface area contributed by atoms with Crippen LogP contribution in [0.2, 0.25) is 0 Å². The summed E-state index contributed by atoms with van der Waals surface area (Å²) in [6, 6.07) is 22.9. The number of hydrogen-bond acceptors (Lipinski definition) is 1. The lowest BCUT2D eigenvalue weighted by Crippen LogP contribution is -2.11. The normalized spacial score (nSPS) is 16.4. The molecule has 3 aromatic rings. The molecule has 3 aromatic carbocycles. The molecule has 0 amide bonds. The lowest BCUT2D eigenvalue weighted by Gasteiger charge is -2.22. The van der Waals surface area contributed by atoms with Crippen molar-refractivity contribution in [1.29, 1.82) is 0 Å². The van der Waals surface area contributed by atoms with Crippen molar-refractivity contribution >= 4 is 12.6 Å². The molecule has 0 aromatic heterocycles. The molecule has 0 spiro atoms. The molecule has 4 rings (SSSR count). The summed E-state index contributed by atoms with van der Waals surface area (Å²) in [4.78, 5) is 1.04. The van der Waals surface area contributed by atoms with Gasteiger partial charge in [-0.1, -0.05) is 74.9 Å². The third-order valence-corrected chi connectivity index (χ3v) is 6.13. The van der Waals surface area contributed by atoms with Gasteiger partial charge in [0.1, 0.15) is 0 Å². The zero-order chi connectivity index (χ0) is 19.2. The Morgan fingerprint density at radius 2 is 1.59 bits per heavy atom. The highest BCUT2D eigenvalue weighted by Crippen LogP contribution is 2.42. The predicted octanol–water partition coefficient (Wildman–Crippen LogP) is 7.33. The van der Waals surface area contributed by atoms with Gasteiger partial charge in [0.2, 0.25) is 0 Å². The molecular formula is C26H28S. The summed E-state index contributed by atoms with van der Waals surface area (Å²) in [5.41, 5.74) is 9.94. The van der Waals surface area contributed by atoms with Gasteiger partial charge >= 0.3 is 0 Å². The largest absolute Gasteiger partial charge is 0.143 e. The molecule has 1 aliphatic rings. The Labute approximate surface area is 169 Å². The fourth-order valence-corrected chi connectivity index (χ4v) is 4.46. The number of thiol groups is 1. The highest BCUT2D eigenvalue weighted by molar-refractivity contribution is 7.80. The Kier molecular flexibility index (Phi) is 4.68. The summed E-state index contributed by atoms with van der Waals surface area (Å²) in [5.74, 6) is 0.436. The number of benzene rings is 3. The van der Waals surface area contributed by atoms with Gasteiger partial charge in [-0.25, -0.2) is 0 Å². The zero-order valence-corrected chi connectivity index (χ0v) is 17.6. The molecule has 1 unspecified atom stereocenters. The van der Waals surface area contributed by atoms with Crippen molar-refractivity contribution in [2.24, 2.45) is 0 Å². The van der Waals surface area contributed by atoms with Gasteiger partial charge < -0.3 is 0 Å². The predicted molar refractivity (Wildman–Crippen MR) is 119 cm³/mol. The molecule has 27 heavy (non-hydrogen) atoms. The SMILES string of the molecule is Cc1ccc2c(c1)-c1cc(S)ccc1CCC2c1ccc(C(C)(C)C)cc1. The van der Waals surface area contributed by atoms with Crippen LogP contribution in [0.5, 0.6) is 0 Å². The molecule has 0 saturated heterocycles. The van der Waals surface area contributed by atoms with Gasteiger partial charge in [-0.3, -0.25) is 0 Å². The minimum Gasteiger partial charge on any atom is -0.143 e. The number of fused-ring (bicyclic) bond motifs is 3. The Balaban J connectivity index is 1.84. The molecule has 0 N–H and O–H groups in total. The monoisotopic (exact) mass is 372 g/mol. The molecule has 0 saturated carbocycles. The maximum absolute atomic E-state index is 4.60. The second-order valence-corrected chi connectivity index (χ2v) is 9.41. The van der Waals surface area contributed by atoms with Crippen LogP contribution in [-0.4, -0.2) is 0 Å². The summed E-state index contributed by atoms with van der Waals surface area (Å²) in [6.45, 7) is 9.01. The minimum absolute atomic E-state index is 0.191. The van der Waals surface area contributed by atoms with Gasteiger partial charge in [0.05, 0.1) is 0 Å². The van der Waals surface area contributed by atoms with E-state index in [2.05, 4.69) is 101 Å². The van der Waals surface area contributed by atoms with E-state index in [0.29, 0.717) is 5.92 Å². The van der Waals surface area contributed by atoms with Gasteiger partial charge in [0.25, 0.3) is 0 Å². The van der Waals surface area contributed by atoms with E-state index >= 15 is 0 Å². The molecule has 1 atom stereocenters. The Hall–Kier alpha value is -1.99. The van der Waals surface area contributed by atoms with E-state index in [1.807, 2.05) is 0 Å². The minimum atomic E-state index is 0.191. The maximum atomic E-state index is 4.60. The molecule has 0 nitrogen and oxygen atoms in total. The average Bonchev–Trinajstić information content (AvgIpc) is 2.78. The van der Waals surface area contributed by atoms with Crippen LogP contribution < -0.4 is 0 Å². The van der Waals surface area contributed by atoms with Crippen molar-refractivity contribution < 1.29 is 0 Å². The van der Waals surface area contributed by atoms with Crippen LogP contribution in [0.15, 0.2) is 65.6 Å². The van der Waals surface area contributed by atoms with Crippen LogP contribution in [0, 0.1) is 6.92 Å². The lowest BCUT2D eigenvalue weighted by molar-refractivity contribution is 0.589. The van der Waals surface area contributed by atoms with Crippen LogP contribution in [0.1, 0.15) is 60.9 Å².